The number of hydrogen-bond donors (Lipinski definition) is 0. The Labute approximate surface area is 194 Å². The van der Waals surface area contributed by atoms with Gasteiger partial charge in [-0.25, -0.2) is 0 Å². The first-order valence-electron chi connectivity index (χ1n) is 10.3. The molecule has 0 aliphatic rings. The minimum Gasteiger partial charge on any atom is -0.497 e. The maximum atomic E-state index is 5.72. The lowest BCUT2D eigenvalue weighted by atomic mass is 10.0. The molecule has 2 aromatic carbocycles. The molecule has 0 unspecified atom stereocenters. The molecular weight excluding hydrogens is 426 g/mol. The highest BCUT2D eigenvalue weighted by atomic mass is 35.5. The fourth-order valence-corrected chi connectivity index (χ4v) is 4.21. The molecule has 6 nitrogen and oxygen atoms in total. The van der Waals surface area contributed by atoms with E-state index in [1.54, 1.807) is 14.2 Å². The van der Waals surface area contributed by atoms with Gasteiger partial charge in [0.15, 0.2) is 0 Å². The maximum absolute atomic E-state index is 5.72. The minimum absolute atomic E-state index is 0. The van der Waals surface area contributed by atoms with E-state index in [0.717, 1.165) is 62.0 Å². The second-order valence-electron chi connectivity index (χ2n) is 7.39. The fourth-order valence-electron chi connectivity index (χ4n) is 4.21. The lowest BCUT2D eigenvalue weighted by molar-refractivity contribution is 0.336. The average Bonchev–Trinajstić information content (AvgIpc) is 3.05. The van der Waals surface area contributed by atoms with Crippen LogP contribution in [0.1, 0.15) is 24.0 Å². The van der Waals surface area contributed by atoms with Crippen molar-refractivity contribution < 1.29 is 14.2 Å². The number of nitrogens with zero attached hydrogens (tertiary/aromatic N) is 3. The normalized spacial score (nSPS) is 10.7. The van der Waals surface area contributed by atoms with E-state index in [2.05, 4.69) is 28.6 Å². The number of benzene rings is 2. The van der Waals surface area contributed by atoms with Crippen molar-refractivity contribution in [2.75, 3.05) is 20.8 Å². The van der Waals surface area contributed by atoms with Crippen molar-refractivity contribution in [3.8, 4) is 34.2 Å². The summed E-state index contributed by atoms with van der Waals surface area (Å²) in [5.74, 6) is 2.35. The number of fused-ring (bicyclic) bond motifs is 1. The van der Waals surface area contributed by atoms with Crippen molar-refractivity contribution in [2.45, 2.75) is 27.7 Å². The number of aromatic nitrogens is 3. The molecule has 4 rings (SSSR count). The average molecular weight is 454 g/mol. The summed E-state index contributed by atoms with van der Waals surface area (Å²) in [5.41, 5.74) is 5.88. The molecule has 0 fully saturated rings. The number of aryl methyl sites for hydroxylation is 3. The number of halogens is 1. The number of rotatable bonds is 6. The molecular formula is C25H28ClN3O3. The highest BCUT2D eigenvalue weighted by Crippen LogP contribution is 2.39. The van der Waals surface area contributed by atoms with Gasteiger partial charge in [0.25, 0.3) is 0 Å². The molecule has 0 spiro atoms. The SMILES string of the molecule is CCOc1ccc(-n2c(C)c3c(C)nnc(-c4ccc(OC)cc4)c3c2C)c(OC)c1.Cl. The Hall–Kier alpha value is -3.25. The molecule has 2 aromatic heterocycles. The third-order valence-electron chi connectivity index (χ3n) is 5.61. The van der Waals surface area contributed by atoms with Crippen LogP contribution < -0.4 is 14.2 Å². The van der Waals surface area contributed by atoms with Crippen LogP contribution in [0.2, 0.25) is 0 Å². The third-order valence-corrected chi connectivity index (χ3v) is 5.61. The molecule has 0 aliphatic heterocycles. The predicted octanol–water partition coefficient (Wildman–Crippen LogP) is 5.85. The van der Waals surface area contributed by atoms with Gasteiger partial charge >= 0.3 is 0 Å². The van der Waals surface area contributed by atoms with Gasteiger partial charge < -0.3 is 18.8 Å². The van der Waals surface area contributed by atoms with E-state index >= 15 is 0 Å². The zero-order valence-corrected chi connectivity index (χ0v) is 20.0. The maximum Gasteiger partial charge on any atom is 0.146 e. The van der Waals surface area contributed by atoms with E-state index in [0.29, 0.717) is 6.61 Å². The molecule has 4 aromatic rings. The van der Waals surface area contributed by atoms with Crippen LogP contribution in [-0.4, -0.2) is 35.6 Å². The number of hydrogen-bond acceptors (Lipinski definition) is 5. The molecule has 0 saturated carbocycles. The van der Waals surface area contributed by atoms with Crippen molar-refractivity contribution in [3.63, 3.8) is 0 Å². The van der Waals surface area contributed by atoms with Gasteiger partial charge in [0, 0.05) is 33.8 Å². The van der Waals surface area contributed by atoms with Gasteiger partial charge in [-0.2, -0.15) is 5.10 Å². The summed E-state index contributed by atoms with van der Waals surface area (Å²) in [6.07, 6.45) is 0. The first kappa shape index (κ1) is 23.4. The Bertz CT molecular complexity index is 1250. The quantitative estimate of drug-likeness (QED) is 0.366. The van der Waals surface area contributed by atoms with Crippen LogP contribution in [-0.2, 0) is 0 Å². The van der Waals surface area contributed by atoms with Crippen molar-refractivity contribution in [2.24, 2.45) is 0 Å². The van der Waals surface area contributed by atoms with E-state index in [9.17, 15) is 0 Å². The molecule has 2 heterocycles. The van der Waals surface area contributed by atoms with Gasteiger partial charge in [0.1, 0.15) is 22.9 Å². The zero-order valence-electron chi connectivity index (χ0n) is 19.2. The van der Waals surface area contributed by atoms with E-state index in [-0.39, 0.29) is 12.4 Å². The zero-order chi connectivity index (χ0) is 22.1. The molecule has 0 saturated heterocycles. The Morgan fingerprint density at radius 1 is 0.812 bits per heavy atom. The second-order valence-corrected chi connectivity index (χ2v) is 7.39. The van der Waals surface area contributed by atoms with Crippen LogP contribution in [0.5, 0.6) is 17.2 Å². The number of methoxy groups -OCH3 is 2. The molecule has 0 radical (unpaired) electrons. The summed E-state index contributed by atoms with van der Waals surface area (Å²) in [5, 5.41) is 11.2. The van der Waals surface area contributed by atoms with Crippen LogP contribution in [0, 0.1) is 20.8 Å². The van der Waals surface area contributed by atoms with Gasteiger partial charge in [-0.05, 0) is 64.1 Å². The van der Waals surface area contributed by atoms with Gasteiger partial charge in [-0.15, -0.1) is 17.5 Å². The van der Waals surface area contributed by atoms with Gasteiger partial charge in [0.05, 0.1) is 32.2 Å². The smallest absolute Gasteiger partial charge is 0.146 e. The van der Waals surface area contributed by atoms with Crippen LogP contribution in [0.25, 0.3) is 27.7 Å². The summed E-state index contributed by atoms with van der Waals surface area (Å²) in [6.45, 7) is 8.79. The van der Waals surface area contributed by atoms with Crippen LogP contribution in [0.4, 0.5) is 0 Å². The van der Waals surface area contributed by atoms with Crippen molar-refractivity contribution in [3.05, 3.63) is 59.5 Å². The molecule has 0 atom stereocenters. The third kappa shape index (κ3) is 3.86. The summed E-state index contributed by atoms with van der Waals surface area (Å²) in [4.78, 5) is 0. The van der Waals surface area contributed by atoms with Crippen molar-refractivity contribution in [1.82, 2.24) is 14.8 Å². The minimum atomic E-state index is 0. The van der Waals surface area contributed by atoms with Gasteiger partial charge in [0.2, 0.25) is 0 Å². The Balaban J connectivity index is 0.00000289. The van der Waals surface area contributed by atoms with E-state index < -0.39 is 0 Å². The van der Waals surface area contributed by atoms with Crippen LogP contribution in [0.15, 0.2) is 42.5 Å². The summed E-state index contributed by atoms with van der Waals surface area (Å²) >= 11 is 0. The van der Waals surface area contributed by atoms with Crippen molar-refractivity contribution >= 4 is 23.2 Å². The van der Waals surface area contributed by atoms with Crippen LogP contribution in [0.3, 0.4) is 0 Å². The summed E-state index contributed by atoms with van der Waals surface area (Å²) in [6, 6.07) is 13.8. The fraction of sp³-hybridized carbons (Fsp3) is 0.280. The van der Waals surface area contributed by atoms with E-state index in [4.69, 9.17) is 14.2 Å². The Kier molecular flexibility index (Phi) is 6.94. The lowest BCUT2D eigenvalue weighted by Crippen LogP contribution is -2.03. The second kappa shape index (κ2) is 9.49. The topological polar surface area (TPSA) is 58.4 Å². The first-order valence-corrected chi connectivity index (χ1v) is 10.3. The molecule has 0 aliphatic carbocycles. The highest BCUT2D eigenvalue weighted by Gasteiger charge is 2.22. The van der Waals surface area contributed by atoms with Gasteiger partial charge in [-0.3, -0.25) is 0 Å². The highest BCUT2D eigenvalue weighted by molar-refractivity contribution is 6.00. The predicted molar refractivity (Wildman–Crippen MR) is 130 cm³/mol. The van der Waals surface area contributed by atoms with Crippen LogP contribution >= 0.6 is 12.4 Å². The standard InChI is InChI=1S/C25H27N3O3.ClH/c1-7-31-20-12-13-21(22(14-20)30-6)28-16(3)23-15(2)26-27-25(24(23)17(28)4)18-8-10-19(29-5)11-9-18;/h8-14H,7H2,1-6H3;1H. The largest absolute Gasteiger partial charge is 0.497 e. The first-order chi connectivity index (χ1) is 15.0. The lowest BCUT2D eigenvalue weighted by Gasteiger charge is -2.15. The molecule has 0 bridgehead atoms. The molecule has 0 amide bonds. The molecule has 0 N–H and O–H groups in total. The Morgan fingerprint density at radius 3 is 2.09 bits per heavy atom. The van der Waals surface area contributed by atoms with Crippen molar-refractivity contribution in [1.29, 1.82) is 0 Å². The Morgan fingerprint density at radius 2 is 1.47 bits per heavy atom. The summed E-state index contributed by atoms with van der Waals surface area (Å²) in [7, 11) is 3.34. The molecule has 7 heteroatoms. The molecule has 168 valence electrons. The number of ether oxygens (including phenoxy) is 3. The summed E-state index contributed by atoms with van der Waals surface area (Å²) < 4.78 is 18.9. The molecule has 32 heavy (non-hydrogen) atoms. The van der Waals surface area contributed by atoms with E-state index in [1.165, 1.54) is 0 Å². The monoisotopic (exact) mass is 453 g/mol. The van der Waals surface area contributed by atoms with E-state index in [1.807, 2.05) is 56.3 Å². The van der Waals surface area contributed by atoms with Gasteiger partial charge in [-0.1, -0.05) is 0 Å².